The summed E-state index contributed by atoms with van der Waals surface area (Å²) in [6, 6.07) is -1.20. The molecule has 7 atom stereocenters. The smallest absolute Gasteiger partial charge is 0.326 e. The van der Waals surface area contributed by atoms with Gasteiger partial charge in [-0.2, -0.15) is 0 Å². The number of primary amides is 1. The molecule has 0 radical (unpaired) electrons. The van der Waals surface area contributed by atoms with E-state index in [0.29, 0.717) is 17.8 Å². The number of amides is 2. The summed E-state index contributed by atoms with van der Waals surface area (Å²) in [5, 5.41) is 26.4. The van der Waals surface area contributed by atoms with Crippen molar-refractivity contribution >= 4 is 23.5 Å². The van der Waals surface area contributed by atoms with Crippen LogP contribution in [0.5, 0.6) is 0 Å². The number of allylic oxidation sites excluding steroid dienone is 2. The first-order chi connectivity index (χ1) is 16.5. The topological polar surface area (TPSA) is 151 Å². The van der Waals surface area contributed by atoms with Crippen molar-refractivity contribution in [2.24, 2.45) is 39.5 Å². The Labute approximate surface area is 206 Å². The van der Waals surface area contributed by atoms with Gasteiger partial charge in [0.1, 0.15) is 6.04 Å². The van der Waals surface area contributed by atoms with Crippen LogP contribution in [0.15, 0.2) is 16.8 Å². The molecule has 0 unspecified atom stereocenters. The third-order valence-electron chi connectivity index (χ3n) is 9.62. The summed E-state index contributed by atoms with van der Waals surface area (Å²) in [6.45, 7) is 4.30. The highest BCUT2D eigenvalue weighted by atomic mass is 16.6. The second kappa shape index (κ2) is 9.91. The first kappa shape index (κ1) is 25.7. The zero-order valence-electron chi connectivity index (χ0n) is 20.8. The second-order valence-corrected chi connectivity index (χ2v) is 11.5. The fraction of sp³-hybridized carbons (Fsp3) is 0.769. The summed E-state index contributed by atoms with van der Waals surface area (Å²) in [7, 11) is 0. The molecule has 4 aliphatic rings. The van der Waals surface area contributed by atoms with Crippen molar-refractivity contribution in [1.29, 1.82) is 0 Å². The van der Waals surface area contributed by atoms with E-state index in [9.17, 15) is 24.6 Å². The number of fused-ring (bicyclic) bond motifs is 5. The molecule has 2 amide bonds. The lowest BCUT2D eigenvalue weighted by molar-refractivity contribution is -0.142. The van der Waals surface area contributed by atoms with E-state index in [1.54, 1.807) is 0 Å². The standard InChI is InChI=1S/C26H39N3O6/c1-25-11-9-16(29-35-14-23(32)28-20(24(33)34)6-8-22(27)31)13-15(25)3-4-17-18-5-7-21(30)26(18,2)12-10-19(17)25/h13,17-21,30H,3-12,14H2,1-2H3,(H2,27,31)(H,28,32)(H,33,34)/b29-16-/t17-,18+,19+,20+,21+,25+,26+/m1/s1. The molecule has 0 bridgehead atoms. The van der Waals surface area contributed by atoms with Crippen molar-refractivity contribution in [3.8, 4) is 0 Å². The Bertz CT molecular complexity index is 932. The van der Waals surface area contributed by atoms with Gasteiger partial charge in [0.2, 0.25) is 5.91 Å². The van der Waals surface area contributed by atoms with Crippen LogP contribution in [0.2, 0.25) is 0 Å². The van der Waals surface area contributed by atoms with E-state index >= 15 is 0 Å². The largest absolute Gasteiger partial charge is 0.480 e. The number of nitrogens with zero attached hydrogens (tertiary/aromatic N) is 1. The number of carbonyl (C=O) groups is 3. The van der Waals surface area contributed by atoms with Crippen LogP contribution in [-0.2, 0) is 19.2 Å². The van der Waals surface area contributed by atoms with E-state index in [2.05, 4.69) is 30.4 Å². The average molecular weight is 490 g/mol. The molecule has 4 rings (SSSR count). The van der Waals surface area contributed by atoms with Crippen LogP contribution in [0.1, 0.15) is 78.1 Å². The van der Waals surface area contributed by atoms with Gasteiger partial charge in [0.15, 0.2) is 6.61 Å². The van der Waals surface area contributed by atoms with E-state index in [0.717, 1.165) is 57.1 Å². The highest BCUT2D eigenvalue weighted by Crippen LogP contribution is 2.65. The van der Waals surface area contributed by atoms with Crippen molar-refractivity contribution in [2.45, 2.75) is 90.2 Å². The van der Waals surface area contributed by atoms with Gasteiger partial charge in [-0.3, -0.25) is 9.59 Å². The summed E-state index contributed by atoms with van der Waals surface area (Å²) in [6.07, 6.45) is 10.1. The zero-order valence-corrected chi connectivity index (χ0v) is 20.8. The number of aliphatic hydroxyl groups excluding tert-OH is 1. The van der Waals surface area contributed by atoms with E-state index in [-0.39, 0.29) is 29.8 Å². The van der Waals surface area contributed by atoms with E-state index in [1.165, 1.54) is 5.57 Å². The Kier molecular flexibility index (Phi) is 7.27. The molecule has 194 valence electrons. The Morgan fingerprint density at radius 1 is 1.17 bits per heavy atom. The maximum Gasteiger partial charge on any atom is 0.326 e. The number of aliphatic hydroxyl groups is 1. The summed E-state index contributed by atoms with van der Waals surface area (Å²) >= 11 is 0. The van der Waals surface area contributed by atoms with Crippen LogP contribution in [0.25, 0.3) is 0 Å². The molecular weight excluding hydrogens is 450 g/mol. The minimum Gasteiger partial charge on any atom is -0.480 e. The van der Waals surface area contributed by atoms with Crippen LogP contribution < -0.4 is 11.1 Å². The minimum absolute atomic E-state index is 0.0727. The second-order valence-electron chi connectivity index (χ2n) is 11.5. The molecule has 9 nitrogen and oxygen atoms in total. The summed E-state index contributed by atoms with van der Waals surface area (Å²) < 4.78 is 0. The summed E-state index contributed by atoms with van der Waals surface area (Å²) in [4.78, 5) is 39.5. The number of oxime groups is 1. The Morgan fingerprint density at radius 3 is 2.66 bits per heavy atom. The van der Waals surface area contributed by atoms with E-state index in [4.69, 9.17) is 10.6 Å². The number of rotatable bonds is 8. The van der Waals surface area contributed by atoms with Crippen molar-refractivity contribution in [1.82, 2.24) is 5.32 Å². The molecular formula is C26H39N3O6. The first-order valence-corrected chi connectivity index (χ1v) is 12.9. The molecule has 0 heterocycles. The number of carbonyl (C=O) groups excluding carboxylic acids is 2. The van der Waals surface area contributed by atoms with Gasteiger partial charge in [0.25, 0.3) is 5.91 Å². The molecule has 35 heavy (non-hydrogen) atoms. The van der Waals surface area contributed by atoms with E-state index in [1.807, 2.05) is 0 Å². The fourth-order valence-corrected chi connectivity index (χ4v) is 7.57. The van der Waals surface area contributed by atoms with Gasteiger partial charge >= 0.3 is 5.97 Å². The predicted molar refractivity (Wildman–Crippen MR) is 129 cm³/mol. The van der Waals surface area contributed by atoms with Crippen molar-refractivity contribution in [3.63, 3.8) is 0 Å². The molecule has 0 aromatic rings. The van der Waals surface area contributed by atoms with Crippen LogP contribution in [-0.4, -0.2) is 52.5 Å². The number of aliphatic carboxylic acids is 1. The normalized spacial score (nSPS) is 37.9. The Morgan fingerprint density at radius 2 is 1.94 bits per heavy atom. The van der Waals surface area contributed by atoms with Gasteiger partial charge < -0.3 is 26.1 Å². The molecule has 9 heteroatoms. The average Bonchev–Trinajstić information content (AvgIpc) is 3.11. The van der Waals surface area contributed by atoms with Gasteiger partial charge in [0, 0.05) is 6.42 Å². The van der Waals surface area contributed by atoms with Crippen LogP contribution >= 0.6 is 0 Å². The quantitative estimate of drug-likeness (QED) is 0.385. The van der Waals surface area contributed by atoms with Crippen molar-refractivity contribution in [2.75, 3.05) is 6.61 Å². The molecule has 0 aliphatic heterocycles. The summed E-state index contributed by atoms with van der Waals surface area (Å²) in [5.74, 6) is -0.542. The van der Waals surface area contributed by atoms with E-state index < -0.39 is 30.4 Å². The van der Waals surface area contributed by atoms with Crippen LogP contribution in [0.3, 0.4) is 0 Å². The van der Waals surface area contributed by atoms with Gasteiger partial charge in [-0.05, 0) is 92.4 Å². The lowest BCUT2D eigenvalue weighted by Crippen LogP contribution is -2.51. The zero-order chi connectivity index (χ0) is 25.4. The monoisotopic (exact) mass is 489 g/mol. The number of carboxylic acid groups (broad SMARTS) is 1. The summed E-state index contributed by atoms with van der Waals surface area (Å²) in [5.41, 5.74) is 7.50. The number of nitrogens with two attached hydrogens (primary N) is 1. The SMILES string of the molecule is C[C@]12CC[C@H]3[C@H](CCC4=C/C(=N\OCC(=O)N[C@@H](CCC(N)=O)C(=O)O)CC[C@@]43C)[C@@H]1CC[C@@H]2O. The molecule has 0 saturated heterocycles. The van der Waals surface area contributed by atoms with Gasteiger partial charge in [-0.15, -0.1) is 0 Å². The fourth-order valence-electron chi connectivity index (χ4n) is 7.57. The number of hydrogen-bond donors (Lipinski definition) is 4. The lowest BCUT2D eigenvalue weighted by Gasteiger charge is -2.57. The maximum atomic E-state index is 12.1. The predicted octanol–water partition coefficient (Wildman–Crippen LogP) is 2.52. The molecule has 4 aliphatic carbocycles. The minimum atomic E-state index is -1.23. The van der Waals surface area contributed by atoms with Crippen LogP contribution in [0.4, 0.5) is 0 Å². The van der Waals surface area contributed by atoms with Crippen LogP contribution in [0, 0.1) is 28.6 Å². The number of carboxylic acids is 1. The third-order valence-corrected chi connectivity index (χ3v) is 9.62. The van der Waals surface area contributed by atoms with Gasteiger partial charge in [-0.25, -0.2) is 4.79 Å². The van der Waals surface area contributed by atoms with Gasteiger partial charge in [-0.1, -0.05) is 24.6 Å². The first-order valence-electron chi connectivity index (χ1n) is 12.9. The molecule has 3 saturated carbocycles. The lowest BCUT2D eigenvalue weighted by atomic mass is 9.47. The number of hydrogen-bond acceptors (Lipinski definition) is 6. The van der Waals surface area contributed by atoms with Crippen molar-refractivity contribution < 1.29 is 29.4 Å². The Balaban J connectivity index is 1.35. The Hall–Kier alpha value is -2.42. The molecule has 0 aromatic heterocycles. The number of nitrogens with one attached hydrogen (secondary N) is 1. The highest BCUT2D eigenvalue weighted by Gasteiger charge is 2.58. The molecule has 5 N–H and O–H groups in total. The third kappa shape index (κ3) is 4.97. The molecule has 0 aromatic carbocycles. The van der Waals surface area contributed by atoms with Gasteiger partial charge in [0.05, 0.1) is 11.8 Å². The highest BCUT2D eigenvalue weighted by molar-refractivity contribution is 5.96. The molecule has 3 fully saturated rings. The maximum absolute atomic E-state index is 12.1. The van der Waals surface area contributed by atoms with Crippen molar-refractivity contribution in [3.05, 3.63) is 11.6 Å². The molecule has 0 spiro atoms.